The van der Waals surface area contributed by atoms with Crippen molar-refractivity contribution in [2.45, 2.75) is 0 Å². The summed E-state index contributed by atoms with van der Waals surface area (Å²) in [7, 11) is 0. The van der Waals surface area contributed by atoms with Gasteiger partial charge in [-0.3, -0.25) is 15.5 Å². The van der Waals surface area contributed by atoms with Crippen molar-refractivity contribution in [3.8, 4) is 5.75 Å². The lowest BCUT2D eigenvalue weighted by Gasteiger charge is -2.09. The van der Waals surface area contributed by atoms with Crippen LogP contribution in [0.25, 0.3) is 10.8 Å². The van der Waals surface area contributed by atoms with Crippen molar-refractivity contribution >= 4 is 34.5 Å². The van der Waals surface area contributed by atoms with E-state index in [2.05, 4.69) is 15.5 Å². The molecular formula is C23H16N4O4. The molecule has 0 radical (unpaired) electrons. The minimum atomic E-state index is -0.527. The number of pyridine rings is 1. The van der Waals surface area contributed by atoms with Crippen LogP contribution in [-0.4, -0.2) is 22.1 Å². The van der Waals surface area contributed by atoms with Crippen molar-refractivity contribution in [3.63, 3.8) is 0 Å². The highest BCUT2D eigenvalue weighted by atomic mass is 16.6. The number of nitro groups is 1. The summed E-state index contributed by atoms with van der Waals surface area (Å²) >= 11 is 0. The molecule has 0 aliphatic heterocycles. The maximum atomic E-state index is 12.8. The molecule has 8 nitrogen and oxygen atoms in total. The van der Waals surface area contributed by atoms with E-state index in [1.54, 1.807) is 30.3 Å². The van der Waals surface area contributed by atoms with Crippen LogP contribution in [0.1, 0.15) is 15.9 Å². The minimum absolute atomic E-state index is 0.111. The van der Waals surface area contributed by atoms with Gasteiger partial charge in [-0.2, -0.15) is 5.10 Å². The first-order valence-electron chi connectivity index (χ1n) is 9.30. The van der Waals surface area contributed by atoms with Crippen LogP contribution >= 0.6 is 0 Å². The zero-order chi connectivity index (χ0) is 21.6. The Balaban J connectivity index is 1.51. The predicted molar refractivity (Wildman–Crippen MR) is 117 cm³/mol. The van der Waals surface area contributed by atoms with E-state index in [9.17, 15) is 14.9 Å². The standard InChI is InChI=1S/C23H16N4O4/c28-23(20-10-5-8-16-6-1-3-9-19(16)20)31-21-11-4-2-7-17(21)14-25-26-22-13-12-18(15-24-22)27(29)30/h1-15H,(H,24,26)/b25-14-. The fraction of sp³-hybridized carbons (Fsp3) is 0. The normalized spacial score (nSPS) is 10.8. The Kier molecular flexibility index (Phi) is 5.62. The van der Waals surface area contributed by atoms with Gasteiger partial charge in [0.25, 0.3) is 5.69 Å². The third-order valence-corrected chi connectivity index (χ3v) is 4.47. The highest BCUT2D eigenvalue weighted by Crippen LogP contribution is 2.22. The molecule has 31 heavy (non-hydrogen) atoms. The van der Waals surface area contributed by atoms with Crippen molar-refractivity contribution in [1.29, 1.82) is 0 Å². The number of nitrogens with zero attached hydrogens (tertiary/aromatic N) is 3. The number of hydrogen-bond donors (Lipinski definition) is 1. The van der Waals surface area contributed by atoms with Crippen LogP contribution in [-0.2, 0) is 0 Å². The Morgan fingerprint density at radius 3 is 2.58 bits per heavy atom. The van der Waals surface area contributed by atoms with Gasteiger partial charge in [-0.1, -0.05) is 48.5 Å². The van der Waals surface area contributed by atoms with Gasteiger partial charge in [0.2, 0.25) is 0 Å². The number of hydrazone groups is 1. The molecule has 0 unspecified atom stereocenters. The van der Waals surface area contributed by atoms with Crippen molar-refractivity contribution in [1.82, 2.24) is 4.98 Å². The number of hydrogen-bond acceptors (Lipinski definition) is 7. The Bertz CT molecular complexity index is 1280. The van der Waals surface area contributed by atoms with Gasteiger partial charge in [-0.15, -0.1) is 0 Å². The molecule has 4 rings (SSSR count). The number of carbonyl (C=O) groups is 1. The first-order chi connectivity index (χ1) is 15.1. The Morgan fingerprint density at radius 2 is 1.77 bits per heavy atom. The second kappa shape index (κ2) is 8.83. The number of fused-ring (bicyclic) bond motifs is 1. The largest absolute Gasteiger partial charge is 0.422 e. The van der Waals surface area contributed by atoms with Crippen LogP contribution in [0.15, 0.2) is 90.2 Å². The molecule has 0 saturated carbocycles. The molecule has 0 aliphatic rings. The maximum absolute atomic E-state index is 12.8. The average molecular weight is 412 g/mol. The third-order valence-electron chi connectivity index (χ3n) is 4.47. The fourth-order valence-electron chi connectivity index (χ4n) is 2.97. The summed E-state index contributed by atoms with van der Waals surface area (Å²) in [5.74, 6) is 0.220. The summed E-state index contributed by atoms with van der Waals surface area (Å²) < 4.78 is 5.64. The molecule has 0 aliphatic carbocycles. The van der Waals surface area contributed by atoms with Crippen LogP contribution in [0.3, 0.4) is 0 Å². The van der Waals surface area contributed by atoms with Crippen LogP contribution in [0.5, 0.6) is 5.75 Å². The van der Waals surface area contributed by atoms with Crippen LogP contribution in [0.2, 0.25) is 0 Å². The molecular weight excluding hydrogens is 396 g/mol. The number of esters is 1. The lowest BCUT2D eigenvalue weighted by Crippen LogP contribution is -2.10. The van der Waals surface area contributed by atoms with E-state index >= 15 is 0 Å². The molecule has 0 saturated heterocycles. The second-order valence-electron chi connectivity index (χ2n) is 6.48. The van der Waals surface area contributed by atoms with Crippen molar-refractivity contribution < 1.29 is 14.5 Å². The molecule has 0 fully saturated rings. The summed E-state index contributed by atoms with van der Waals surface area (Å²) in [6.45, 7) is 0. The Hall–Kier alpha value is -4.59. The smallest absolute Gasteiger partial charge is 0.344 e. The maximum Gasteiger partial charge on any atom is 0.344 e. The zero-order valence-corrected chi connectivity index (χ0v) is 16.1. The summed E-state index contributed by atoms with van der Waals surface area (Å²) in [5, 5.41) is 16.5. The molecule has 3 aromatic carbocycles. The number of rotatable bonds is 6. The van der Waals surface area contributed by atoms with Crippen molar-refractivity contribution in [2.75, 3.05) is 5.43 Å². The van der Waals surface area contributed by atoms with Gasteiger partial charge in [-0.25, -0.2) is 9.78 Å². The molecule has 0 spiro atoms. The minimum Gasteiger partial charge on any atom is -0.422 e. The fourth-order valence-corrected chi connectivity index (χ4v) is 2.97. The van der Waals surface area contributed by atoms with Crippen LogP contribution in [0.4, 0.5) is 11.5 Å². The number of para-hydroxylation sites is 1. The topological polar surface area (TPSA) is 107 Å². The quantitative estimate of drug-likeness (QED) is 0.160. The summed E-state index contributed by atoms with van der Waals surface area (Å²) in [5.41, 5.74) is 3.62. The number of nitrogens with one attached hydrogen (secondary N) is 1. The van der Waals surface area contributed by atoms with E-state index in [1.165, 1.54) is 18.3 Å². The van der Waals surface area contributed by atoms with E-state index in [1.807, 2.05) is 36.4 Å². The Labute approximate surface area is 177 Å². The first kappa shape index (κ1) is 19.7. The van der Waals surface area contributed by atoms with Gasteiger partial charge in [-0.05, 0) is 35.0 Å². The van der Waals surface area contributed by atoms with E-state index < -0.39 is 10.9 Å². The molecule has 4 aromatic rings. The van der Waals surface area contributed by atoms with Gasteiger partial charge >= 0.3 is 5.97 Å². The Morgan fingerprint density at radius 1 is 1.00 bits per heavy atom. The third kappa shape index (κ3) is 4.54. The molecule has 0 bridgehead atoms. The highest BCUT2D eigenvalue weighted by molar-refractivity contribution is 6.05. The number of benzene rings is 3. The first-order valence-corrected chi connectivity index (χ1v) is 9.30. The van der Waals surface area contributed by atoms with Crippen molar-refractivity contribution in [3.05, 3.63) is 106 Å². The van der Waals surface area contributed by atoms with Crippen LogP contribution < -0.4 is 10.2 Å². The lowest BCUT2D eigenvalue weighted by molar-refractivity contribution is -0.385. The molecule has 8 heteroatoms. The number of ether oxygens (including phenoxy) is 1. The van der Waals surface area contributed by atoms with Gasteiger partial charge in [0, 0.05) is 11.6 Å². The molecule has 0 atom stereocenters. The van der Waals surface area contributed by atoms with E-state index in [4.69, 9.17) is 4.74 Å². The molecule has 0 amide bonds. The molecule has 1 N–H and O–H groups in total. The molecule has 1 heterocycles. The molecule has 1 aromatic heterocycles. The average Bonchev–Trinajstić information content (AvgIpc) is 2.80. The van der Waals surface area contributed by atoms with E-state index in [-0.39, 0.29) is 5.69 Å². The SMILES string of the molecule is O=C(Oc1ccccc1/C=N\Nc1ccc([N+](=O)[O-])cn1)c1cccc2ccccc12. The predicted octanol–water partition coefficient (Wildman–Crippen LogP) is 4.81. The van der Waals surface area contributed by atoms with Gasteiger partial charge in [0.1, 0.15) is 17.8 Å². The van der Waals surface area contributed by atoms with Crippen molar-refractivity contribution in [2.24, 2.45) is 5.10 Å². The second-order valence-corrected chi connectivity index (χ2v) is 6.48. The van der Waals surface area contributed by atoms with Gasteiger partial charge < -0.3 is 4.74 Å². The summed E-state index contributed by atoms with van der Waals surface area (Å²) in [6.07, 6.45) is 2.62. The number of carbonyl (C=O) groups excluding carboxylic acids is 1. The van der Waals surface area contributed by atoms with E-state index in [0.717, 1.165) is 17.0 Å². The monoisotopic (exact) mass is 412 g/mol. The number of aromatic nitrogens is 1. The lowest BCUT2D eigenvalue weighted by atomic mass is 10.0. The summed E-state index contributed by atoms with van der Waals surface area (Å²) in [4.78, 5) is 26.9. The van der Waals surface area contributed by atoms with E-state index in [0.29, 0.717) is 22.7 Å². The zero-order valence-electron chi connectivity index (χ0n) is 16.1. The molecule has 152 valence electrons. The van der Waals surface area contributed by atoms with Gasteiger partial charge in [0.15, 0.2) is 0 Å². The highest BCUT2D eigenvalue weighted by Gasteiger charge is 2.14. The number of anilines is 1. The van der Waals surface area contributed by atoms with Gasteiger partial charge in [0.05, 0.1) is 16.7 Å². The van der Waals surface area contributed by atoms with Crippen LogP contribution in [0, 0.1) is 10.1 Å². The summed E-state index contributed by atoms with van der Waals surface area (Å²) in [6, 6.07) is 22.8.